The molecule has 6 aromatic rings. The molecule has 0 N–H and O–H groups in total. The molecule has 9 rings (SSSR count). The highest BCUT2D eigenvalue weighted by atomic mass is 35.5. The molecule has 0 aromatic heterocycles. The third-order valence-corrected chi connectivity index (χ3v) is 11.0. The SMILES string of the molecule is Clc1cccc(-c2cc3ccccc3c3c2C[N+]2(Cc4c(-c5cccc(Cl)c5)cc5ccccc5c4-3)CC3(CCC3)C2)c1. The van der Waals surface area contributed by atoms with Gasteiger partial charge in [0.1, 0.15) is 13.1 Å². The number of benzene rings is 6. The number of nitrogens with zero attached hydrogens (tertiary/aromatic N) is 1. The van der Waals surface area contributed by atoms with Crippen molar-refractivity contribution in [1.29, 1.82) is 0 Å². The highest BCUT2D eigenvalue weighted by Gasteiger charge is 2.59. The molecule has 2 fully saturated rings. The van der Waals surface area contributed by atoms with Gasteiger partial charge in [-0.3, -0.25) is 0 Å². The Morgan fingerprint density at radius 2 is 1.02 bits per heavy atom. The third kappa shape index (κ3) is 4.02. The van der Waals surface area contributed by atoms with Gasteiger partial charge in [0.15, 0.2) is 0 Å². The zero-order valence-electron chi connectivity index (χ0n) is 24.0. The summed E-state index contributed by atoms with van der Waals surface area (Å²) in [6, 6.07) is 39.7. The van der Waals surface area contributed by atoms with Crippen molar-refractivity contribution >= 4 is 44.7 Å². The summed E-state index contributed by atoms with van der Waals surface area (Å²) in [7, 11) is 0. The predicted octanol–water partition coefficient (Wildman–Crippen LogP) is 11.3. The number of quaternary nitrogens is 1. The first-order valence-electron chi connectivity index (χ1n) is 15.5. The van der Waals surface area contributed by atoms with Crippen LogP contribution in [0.3, 0.4) is 0 Å². The van der Waals surface area contributed by atoms with Gasteiger partial charge in [0.05, 0.1) is 18.5 Å². The Morgan fingerprint density at radius 3 is 1.47 bits per heavy atom. The molecule has 0 atom stereocenters. The van der Waals surface area contributed by atoms with Gasteiger partial charge < -0.3 is 4.48 Å². The zero-order valence-corrected chi connectivity index (χ0v) is 25.6. The summed E-state index contributed by atoms with van der Waals surface area (Å²) in [5.41, 5.74) is 11.3. The van der Waals surface area contributed by atoms with Crippen LogP contribution < -0.4 is 0 Å². The van der Waals surface area contributed by atoms with Crippen molar-refractivity contribution in [2.24, 2.45) is 5.41 Å². The Kier molecular flexibility index (Phi) is 5.67. The highest BCUT2D eigenvalue weighted by molar-refractivity contribution is 6.31. The fraction of sp³-hybridized carbons (Fsp3) is 0.200. The second kappa shape index (κ2) is 9.44. The van der Waals surface area contributed by atoms with E-state index < -0.39 is 0 Å². The van der Waals surface area contributed by atoms with E-state index in [2.05, 4.69) is 97.1 Å². The Morgan fingerprint density at radius 1 is 0.535 bits per heavy atom. The molecule has 43 heavy (non-hydrogen) atoms. The molecule has 6 aromatic carbocycles. The van der Waals surface area contributed by atoms with Crippen LogP contribution >= 0.6 is 23.2 Å². The molecule has 0 amide bonds. The monoisotopic (exact) mass is 596 g/mol. The molecule has 3 heteroatoms. The fourth-order valence-electron chi connectivity index (χ4n) is 8.83. The van der Waals surface area contributed by atoms with Gasteiger partial charge in [0, 0.05) is 32.3 Å². The molecule has 1 saturated heterocycles. The maximum absolute atomic E-state index is 6.63. The summed E-state index contributed by atoms with van der Waals surface area (Å²) >= 11 is 13.3. The lowest BCUT2D eigenvalue weighted by Gasteiger charge is -2.61. The maximum Gasteiger partial charge on any atom is 0.106 e. The minimum absolute atomic E-state index is 0.533. The molecule has 0 radical (unpaired) electrons. The number of halogens is 2. The second-order valence-corrected chi connectivity index (χ2v) is 14.2. The van der Waals surface area contributed by atoms with E-state index in [1.807, 2.05) is 12.1 Å². The molecule has 2 aliphatic heterocycles. The van der Waals surface area contributed by atoms with Crippen LogP contribution in [0.4, 0.5) is 0 Å². The van der Waals surface area contributed by atoms with Crippen LogP contribution in [-0.2, 0) is 13.1 Å². The minimum Gasteiger partial charge on any atom is -0.315 e. The largest absolute Gasteiger partial charge is 0.315 e. The van der Waals surface area contributed by atoms with E-state index in [1.54, 1.807) is 0 Å². The first-order chi connectivity index (χ1) is 21.0. The summed E-state index contributed by atoms with van der Waals surface area (Å²) in [6.45, 7) is 4.58. The van der Waals surface area contributed by atoms with E-state index in [9.17, 15) is 0 Å². The molecule has 2 heterocycles. The van der Waals surface area contributed by atoms with Crippen LogP contribution in [0.5, 0.6) is 0 Å². The van der Waals surface area contributed by atoms with Crippen molar-refractivity contribution in [3.05, 3.63) is 130 Å². The first-order valence-corrected chi connectivity index (χ1v) is 16.2. The maximum atomic E-state index is 6.63. The average molecular weight is 598 g/mol. The Labute approximate surface area is 262 Å². The molecule has 0 bridgehead atoms. The van der Waals surface area contributed by atoms with Crippen LogP contribution in [0.1, 0.15) is 30.4 Å². The molecule has 210 valence electrons. The lowest BCUT2D eigenvalue weighted by atomic mass is 9.62. The van der Waals surface area contributed by atoms with Crippen molar-refractivity contribution in [2.45, 2.75) is 32.4 Å². The van der Waals surface area contributed by atoms with Gasteiger partial charge in [-0.2, -0.15) is 0 Å². The number of fused-ring (bicyclic) bond motifs is 7. The smallest absolute Gasteiger partial charge is 0.106 e. The van der Waals surface area contributed by atoms with Crippen LogP contribution in [0.25, 0.3) is 54.9 Å². The van der Waals surface area contributed by atoms with Crippen LogP contribution in [-0.4, -0.2) is 17.6 Å². The summed E-state index contributed by atoms with van der Waals surface area (Å²) in [5.74, 6) is 0. The van der Waals surface area contributed by atoms with E-state index >= 15 is 0 Å². The molecule has 2 spiro atoms. The van der Waals surface area contributed by atoms with Gasteiger partial charge in [-0.15, -0.1) is 0 Å². The fourth-order valence-corrected chi connectivity index (χ4v) is 9.21. The zero-order chi connectivity index (χ0) is 28.8. The molecule has 3 aliphatic rings. The Hall–Kier alpha value is -3.62. The molecule has 1 saturated carbocycles. The quantitative estimate of drug-likeness (QED) is 0.174. The van der Waals surface area contributed by atoms with Crippen LogP contribution in [0, 0.1) is 5.41 Å². The summed E-state index contributed by atoms with van der Waals surface area (Å²) < 4.78 is 1.11. The van der Waals surface area contributed by atoms with Crippen LogP contribution in [0.15, 0.2) is 109 Å². The van der Waals surface area contributed by atoms with E-state index in [-0.39, 0.29) is 0 Å². The average Bonchev–Trinajstić information content (AvgIpc) is 3.14. The lowest BCUT2D eigenvalue weighted by molar-refractivity contribution is -1.01. The summed E-state index contributed by atoms with van der Waals surface area (Å²) in [5, 5.41) is 6.76. The standard InChI is InChI=1S/C40H32Cl2N/c41-30-12-5-10-26(18-30)34-20-28-8-1-3-14-32(28)38-36(34)22-43(24-40(25-43)16-7-17-40)23-37-35(27-11-6-13-31(42)19-27)21-29-9-2-4-15-33(29)39(37)38/h1-6,8-15,18-21H,7,16-17,22-25H2/q+1. The topological polar surface area (TPSA) is 0 Å². The van der Waals surface area contributed by atoms with Gasteiger partial charge in [0.2, 0.25) is 0 Å². The van der Waals surface area contributed by atoms with Gasteiger partial charge in [-0.25, -0.2) is 0 Å². The molecular formula is C40H32Cl2N+. The van der Waals surface area contributed by atoms with Crippen molar-refractivity contribution in [2.75, 3.05) is 13.1 Å². The van der Waals surface area contributed by atoms with Gasteiger partial charge in [0.25, 0.3) is 0 Å². The van der Waals surface area contributed by atoms with Gasteiger partial charge >= 0.3 is 0 Å². The molecular weight excluding hydrogens is 565 g/mol. The van der Waals surface area contributed by atoms with Crippen molar-refractivity contribution in [3.8, 4) is 33.4 Å². The van der Waals surface area contributed by atoms with E-state index in [0.29, 0.717) is 5.41 Å². The number of rotatable bonds is 2. The molecule has 1 aliphatic carbocycles. The van der Waals surface area contributed by atoms with Crippen LogP contribution in [0.2, 0.25) is 10.0 Å². The normalized spacial score (nSPS) is 17.7. The van der Waals surface area contributed by atoms with Crippen molar-refractivity contribution < 1.29 is 4.48 Å². The second-order valence-electron chi connectivity index (χ2n) is 13.3. The number of hydrogen-bond donors (Lipinski definition) is 0. The first kappa shape index (κ1) is 25.8. The lowest BCUT2D eigenvalue weighted by Crippen LogP contribution is -2.70. The van der Waals surface area contributed by atoms with Gasteiger partial charge in [-0.1, -0.05) is 102 Å². The van der Waals surface area contributed by atoms with Crippen molar-refractivity contribution in [1.82, 2.24) is 0 Å². The van der Waals surface area contributed by atoms with E-state index in [1.165, 1.54) is 98.4 Å². The Bertz CT molecular complexity index is 1960. The minimum atomic E-state index is 0.533. The third-order valence-electron chi connectivity index (χ3n) is 10.6. The van der Waals surface area contributed by atoms with E-state index in [0.717, 1.165) is 27.6 Å². The van der Waals surface area contributed by atoms with Crippen molar-refractivity contribution in [3.63, 3.8) is 0 Å². The molecule has 1 nitrogen and oxygen atoms in total. The predicted molar refractivity (Wildman–Crippen MR) is 181 cm³/mol. The Balaban J connectivity index is 1.44. The summed E-state index contributed by atoms with van der Waals surface area (Å²) in [6.07, 6.45) is 4.14. The molecule has 0 unspecified atom stereocenters. The highest BCUT2D eigenvalue weighted by Crippen LogP contribution is 2.57. The van der Waals surface area contributed by atoms with E-state index in [4.69, 9.17) is 23.2 Å². The summed E-state index contributed by atoms with van der Waals surface area (Å²) in [4.78, 5) is 0. The van der Waals surface area contributed by atoms with Gasteiger partial charge in [-0.05, 0) is 93.0 Å². The number of hydrogen-bond acceptors (Lipinski definition) is 0.